The summed E-state index contributed by atoms with van der Waals surface area (Å²) in [6.07, 6.45) is 6.19. The molecular weight excluding hydrogens is 270 g/mol. The number of carbonyl (C=O) groups is 1. The summed E-state index contributed by atoms with van der Waals surface area (Å²) in [4.78, 5) is 17.3. The fourth-order valence-corrected chi connectivity index (χ4v) is 3.31. The zero-order valence-corrected chi connectivity index (χ0v) is 13.5. The number of likely N-dealkylation sites (tertiary alicyclic amines) is 2. The maximum absolute atomic E-state index is 12.5. The van der Waals surface area contributed by atoms with E-state index >= 15 is 0 Å². The molecule has 0 aromatic carbocycles. The molecule has 0 atom stereocenters. The van der Waals surface area contributed by atoms with E-state index in [-0.39, 0.29) is 5.91 Å². The Balaban J connectivity index is 1.87. The number of hydrogen-bond acceptors (Lipinski definition) is 3. The number of nitrogens with zero attached hydrogens (tertiary/aromatic N) is 2. The van der Waals surface area contributed by atoms with Gasteiger partial charge in [0.15, 0.2) is 0 Å². The van der Waals surface area contributed by atoms with Gasteiger partial charge in [-0.3, -0.25) is 4.79 Å². The van der Waals surface area contributed by atoms with Crippen molar-refractivity contribution in [3.05, 3.63) is 0 Å². The lowest BCUT2D eigenvalue weighted by atomic mass is 9.90. The van der Waals surface area contributed by atoms with Crippen LogP contribution in [-0.4, -0.2) is 52.9 Å². The highest BCUT2D eigenvalue weighted by atomic mass is 32.1. The van der Waals surface area contributed by atoms with Crippen LogP contribution >= 0.6 is 12.2 Å². The number of thiocarbonyl (C=S) groups is 1. The van der Waals surface area contributed by atoms with Crippen LogP contribution in [0.5, 0.6) is 0 Å². The molecule has 0 aliphatic carbocycles. The normalized spacial score (nSPS) is 22.8. The third-order valence-electron chi connectivity index (χ3n) is 4.81. The van der Waals surface area contributed by atoms with Crippen LogP contribution in [0.2, 0.25) is 0 Å². The first-order chi connectivity index (χ1) is 9.43. The number of piperidine rings is 2. The number of hydrogen-bond donors (Lipinski definition) is 1. The SMILES string of the molecule is CC(C)(C(=O)N1CCC(N2CCCCC2)CC1)C(N)=S. The van der Waals surface area contributed by atoms with Crippen LogP contribution in [0.25, 0.3) is 0 Å². The lowest BCUT2D eigenvalue weighted by molar-refractivity contribution is -0.138. The number of rotatable bonds is 3. The standard InChI is InChI=1S/C15H27N3OS/c1-15(2,13(16)20)14(19)18-10-6-12(7-11-18)17-8-4-3-5-9-17/h12H,3-11H2,1-2H3,(H2,16,20). The van der Waals surface area contributed by atoms with Gasteiger partial charge in [-0.25, -0.2) is 0 Å². The number of carbonyl (C=O) groups excluding carboxylic acids is 1. The van der Waals surface area contributed by atoms with Crippen molar-refractivity contribution in [2.75, 3.05) is 26.2 Å². The highest BCUT2D eigenvalue weighted by molar-refractivity contribution is 7.80. The second kappa shape index (κ2) is 6.39. The van der Waals surface area contributed by atoms with Crippen molar-refractivity contribution in [3.8, 4) is 0 Å². The van der Waals surface area contributed by atoms with Gasteiger partial charge in [0, 0.05) is 19.1 Å². The number of nitrogens with two attached hydrogens (primary N) is 1. The summed E-state index contributed by atoms with van der Waals surface area (Å²) in [5, 5.41) is 0. The Morgan fingerprint density at radius 3 is 2.15 bits per heavy atom. The van der Waals surface area contributed by atoms with Crippen LogP contribution in [0.3, 0.4) is 0 Å². The molecule has 0 aromatic heterocycles. The minimum atomic E-state index is -0.715. The van der Waals surface area contributed by atoms with Gasteiger partial charge in [-0.1, -0.05) is 18.6 Å². The van der Waals surface area contributed by atoms with E-state index in [1.165, 1.54) is 32.4 Å². The van der Waals surface area contributed by atoms with Crippen molar-refractivity contribution in [2.24, 2.45) is 11.1 Å². The van der Waals surface area contributed by atoms with Gasteiger partial charge in [0.2, 0.25) is 5.91 Å². The van der Waals surface area contributed by atoms with Crippen LogP contribution in [0.15, 0.2) is 0 Å². The van der Waals surface area contributed by atoms with Crippen LogP contribution in [-0.2, 0) is 4.79 Å². The van der Waals surface area contributed by atoms with E-state index in [1.54, 1.807) is 0 Å². The molecule has 0 bridgehead atoms. The molecule has 2 saturated heterocycles. The smallest absolute Gasteiger partial charge is 0.235 e. The van der Waals surface area contributed by atoms with Crippen LogP contribution in [0.1, 0.15) is 46.0 Å². The maximum Gasteiger partial charge on any atom is 0.235 e. The summed E-state index contributed by atoms with van der Waals surface area (Å²) in [6.45, 7) is 7.80. The molecule has 2 heterocycles. The first-order valence-electron chi connectivity index (χ1n) is 7.76. The summed E-state index contributed by atoms with van der Waals surface area (Å²) in [5.41, 5.74) is 4.98. The van der Waals surface area contributed by atoms with Crippen molar-refractivity contribution in [1.82, 2.24) is 9.80 Å². The minimum absolute atomic E-state index is 0.0853. The molecule has 2 aliphatic rings. The van der Waals surface area contributed by atoms with E-state index < -0.39 is 5.41 Å². The molecule has 0 spiro atoms. The van der Waals surface area contributed by atoms with Gasteiger partial charge in [0.1, 0.15) is 0 Å². The van der Waals surface area contributed by atoms with Crippen LogP contribution in [0, 0.1) is 5.41 Å². The fourth-order valence-electron chi connectivity index (χ4n) is 3.22. The third kappa shape index (κ3) is 3.31. The lowest BCUT2D eigenvalue weighted by Crippen LogP contribution is -2.53. The summed E-state index contributed by atoms with van der Waals surface area (Å²) in [6, 6.07) is 0.660. The van der Waals surface area contributed by atoms with E-state index in [9.17, 15) is 4.79 Å². The van der Waals surface area contributed by atoms with E-state index in [1.807, 2.05) is 18.7 Å². The van der Waals surface area contributed by atoms with E-state index in [0.717, 1.165) is 25.9 Å². The van der Waals surface area contributed by atoms with Gasteiger partial charge in [0.05, 0.1) is 10.4 Å². The minimum Gasteiger partial charge on any atom is -0.392 e. The molecule has 0 aromatic rings. The second-order valence-corrected chi connectivity index (χ2v) is 7.05. The molecule has 0 saturated carbocycles. The predicted octanol–water partition coefficient (Wildman–Crippen LogP) is 1.78. The number of amides is 1. The van der Waals surface area contributed by atoms with E-state index in [0.29, 0.717) is 11.0 Å². The highest BCUT2D eigenvalue weighted by Gasteiger charge is 2.37. The van der Waals surface area contributed by atoms with Crippen molar-refractivity contribution in [3.63, 3.8) is 0 Å². The zero-order chi connectivity index (χ0) is 14.8. The average molecular weight is 297 g/mol. The van der Waals surface area contributed by atoms with Gasteiger partial charge < -0.3 is 15.5 Å². The van der Waals surface area contributed by atoms with Crippen molar-refractivity contribution < 1.29 is 4.79 Å². The summed E-state index contributed by atoms with van der Waals surface area (Å²) >= 11 is 5.02. The second-order valence-electron chi connectivity index (χ2n) is 6.61. The van der Waals surface area contributed by atoms with Crippen molar-refractivity contribution in [2.45, 2.75) is 52.0 Å². The largest absolute Gasteiger partial charge is 0.392 e. The maximum atomic E-state index is 12.5. The molecule has 2 N–H and O–H groups in total. The first-order valence-corrected chi connectivity index (χ1v) is 8.17. The summed E-state index contributed by atoms with van der Waals surface area (Å²) in [5.74, 6) is 0.0853. The predicted molar refractivity (Wildman–Crippen MR) is 85.6 cm³/mol. The molecule has 1 amide bonds. The molecular formula is C15H27N3OS. The summed E-state index contributed by atoms with van der Waals surface area (Å²) in [7, 11) is 0. The molecule has 114 valence electrons. The Hall–Kier alpha value is -0.680. The first kappa shape index (κ1) is 15.7. The highest BCUT2D eigenvalue weighted by Crippen LogP contribution is 2.25. The molecule has 0 unspecified atom stereocenters. The van der Waals surface area contributed by atoms with Crippen molar-refractivity contribution >= 4 is 23.1 Å². The quantitative estimate of drug-likeness (QED) is 0.807. The molecule has 5 heteroatoms. The van der Waals surface area contributed by atoms with Gasteiger partial charge in [0.25, 0.3) is 0 Å². The van der Waals surface area contributed by atoms with Crippen LogP contribution in [0.4, 0.5) is 0 Å². The Morgan fingerprint density at radius 1 is 1.10 bits per heavy atom. The topological polar surface area (TPSA) is 49.6 Å². The Kier molecular flexibility index (Phi) is 5.02. The molecule has 2 rings (SSSR count). The molecule has 2 fully saturated rings. The van der Waals surface area contributed by atoms with E-state index in [4.69, 9.17) is 18.0 Å². The van der Waals surface area contributed by atoms with Gasteiger partial charge in [-0.15, -0.1) is 0 Å². The molecule has 0 radical (unpaired) electrons. The monoisotopic (exact) mass is 297 g/mol. The average Bonchev–Trinajstić information content (AvgIpc) is 2.47. The summed E-state index contributed by atoms with van der Waals surface area (Å²) < 4.78 is 0. The Labute approximate surface area is 127 Å². The Bertz CT molecular complexity index is 369. The molecule has 20 heavy (non-hydrogen) atoms. The van der Waals surface area contributed by atoms with Gasteiger partial charge in [-0.2, -0.15) is 0 Å². The van der Waals surface area contributed by atoms with Gasteiger partial charge >= 0.3 is 0 Å². The van der Waals surface area contributed by atoms with Crippen LogP contribution < -0.4 is 5.73 Å². The molecule has 2 aliphatic heterocycles. The third-order valence-corrected chi connectivity index (χ3v) is 5.32. The van der Waals surface area contributed by atoms with Crippen molar-refractivity contribution in [1.29, 1.82) is 0 Å². The van der Waals surface area contributed by atoms with Gasteiger partial charge in [-0.05, 0) is 52.6 Å². The van der Waals surface area contributed by atoms with E-state index in [2.05, 4.69) is 4.90 Å². The molecule has 4 nitrogen and oxygen atoms in total. The zero-order valence-electron chi connectivity index (χ0n) is 12.7. The fraction of sp³-hybridized carbons (Fsp3) is 0.867. The Morgan fingerprint density at radius 2 is 1.65 bits per heavy atom. The lowest BCUT2D eigenvalue weighted by Gasteiger charge is -2.41.